The number of sulfonamides is 1. The maximum absolute atomic E-state index is 12.8. The number of anilines is 1. The monoisotopic (exact) mass is 470 g/mol. The number of rotatable bonds is 4. The largest absolute Gasteiger partial charge is 0.497 e. The summed E-state index contributed by atoms with van der Waals surface area (Å²) in [6, 6.07) is 13.9. The Bertz CT molecular complexity index is 1320. The van der Waals surface area contributed by atoms with Gasteiger partial charge in [0.1, 0.15) is 5.75 Å². The van der Waals surface area contributed by atoms with E-state index >= 15 is 0 Å². The Balaban J connectivity index is 1.54. The van der Waals surface area contributed by atoms with Crippen LogP contribution in [-0.2, 0) is 15.4 Å². The van der Waals surface area contributed by atoms with Gasteiger partial charge >= 0.3 is 6.03 Å². The van der Waals surface area contributed by atoms with Crippen molar-refractivity contribution >= 4 is 32.6 Å². The van der Waals surface area contributed by atoms with E-state index in [1.54, 1.807) is 12.0 Å². The normalized spacial score (nSPS) is 19.8. The number of nitrogens with one attached hydrogen (secondary N) is 2. The van der Waals surface area contributed by atoms with E-state index in [2.05, 4.69) is 10.3 Å². The lowest BCUT2D eigenvalue weighted by Gasteiger charge is -2.55. The Hall–Kier alpha value is -3.08. The van der Waals surface area contributed by atoms with E-state index < -0.39 is 21.5 Å². The van der Waals surface area contributed by atoms with Gasteiger partial charge in [0.25, 0.3) is 0 Å². The number of urea groups is 1. The minimum atomic E-state index is -3.60. The SMILES string of the molecule is COc1ccc2c3c([nH]c2c1)[C@@H](CO)N(S(C)(=O)=O)CC31CN(C(=O)Nc2ccccc2)C1. The van der Waals surface area contributed by atoms with Crippen LogP contribution in [0.15, 0.2) is 48.5 Å². The van der Waals surface area contributed by atoms with Crippen molar-refractivity contribution in [2.24, 2.45) is 0 Å². The van der Waals surface area contributed by atoms with E-state index in [1.165, 1.54) is 4.31 Å². The molecule has 0 bridgehead atoms. The zero-order chi connectivity index (χ0) is 23.4. The fraction of sp³-hybridized carbons (Fsp3) is 0.348. The molecule has 2 aliphatic rings. The van der Waals surface area contributed by atoms with E-state index in [1.807, 2.05) is 48.5 Å². The van der Waals surface area contributed by atoms with Crippen molar-refractivity contribution in [2.75, 3.05) is 44.9 Å². The molecule has 9 nitrogen and oxygen atoms in total. The number of ether oxygens (including phenoxy) is 1. The third-order valence-electron chi connectivity index (χ3n) is 6.60. The van der Waals surface area contributed by atoms with Gasteiger partial charge < -0.3 is 25.0 Å². The van der Waals surface area contributed by atoms with Gasteiger partial charge in [0.15, 0.2) is 0 Å². The molecule has 0 saturated carbocycles. The van der Waals surface area contributed by atoms with Crippen LogP contribution >= 0.6 is 0 Å². The van der Waals surface area contributed by atoms with E-state index in [0.717, 1.165) is 22.7 Å². The van der Waals surface area contributed by atoms with Crippen LogP contribution in [0.5, 0.6) is 5.75 Å². The van der Waals surface area contributed by atoms with Crippen LogP contribution in [0.1, 0.15) is 17.3 Å². The van der Waals surface area contributed by atoms with Crippen LogP contribution < -0.4 is 10.1 Å². The van der Waals surface area contributed by atoms with Gasteiger partial charge in [0.05, 0.1) is 26.0 Å². The maximum Gasteiger partial charge on any atom is 0.321 e. The highest BCUT2D eigenvalue weighted by atomic mass is 32.2. The van der Waals surface area contributed by atoms with Crippen LogP contribution in [0.25, 0.3) is 10.9 Å². The number of aromatic nitrogens is 1. The number of benzene rings is 2. The second-order valence-electron chi connectivity index (χ2n) is 8.76. The number of methoxy groups -OCH3 is 1. The average molecular weight is 471 g/mol. The van der Waals surface area contributed by atoms with E-state index in [9.17, 15) is 18.3 Å². The zero-order valence-electron chi connectivity index (χ0n) is 18.4. The molecule has 1 saturated heterocycles. The van der Waals surface area contributed by atoms with Crippen molar-refractivity contribution in [1.29, 1.82) is 0 Å². The molecule has 3 N–H and O–H groups in total. The molecule has 0 radical (unpaired) electrons. The van der Waals surface area contributed by atoms with Crippen molar-refractivity contribution in [3.63, 3.8) is 0 Å². The van der Waals surface area contributed by atoms with Crippen molar-refractivity contribution in [3.05, 3.63) is 59.8 Å². The highest BCUT2D eigenvalue weighted by Crippen LogP contribution is 2.49. The molecule has 3 heterocycles. The first kappa shape index (κ1) is 21.7. The van der Waals surface area contributed by atoms with Gasteiger partial charge in [0, 0.05) is 53.4 Å². The zero-order valence-corrected chi connectivity index (χ0v) is 19.2. The minimum absolute atomic E-state index is 0.193. The van der Waals surface area contributed by atoms with Gasteiger partial charge in [-0.15, -0.1) is 0 Å². The third-order valence-corrected chi connectivity index (χ3v) is 7.84. The molecule has 33 heavy (non-hydrogen) atoms. The Labute approximate surface area is 192 Å². The van der Waals surface area contributed by atoms with Crippen molar-refractivity contribution in [2.45, 2.75) is 11.5 Å². The number of nitrogens with zero attached hydrogens (tertiary/aromatic N) is 2. The first-order chi connectivity index (χ1) is 15.8. The number of likely N-dealkylation sites (tertiary alicyclic amines) is 1. The molecule has 1 atom stereocenters. The Morgan fingerprint density at radius 3 is 2.58 bits per heavy atom. The summed E-state index contributed by atoms with van der Waals surface area (Å²) in [4.78, 5) is 17.9. The second-order valence-corrected chi connectivity index (χ2v) is 10.7. The topological polar surface area (TPSA) is 115 Å². The van der Waals surface area contributed by atoms with Crippen LogP contribution in [0.2, 0.25) is 0 Å². The van der Waals surface area contributed by atoms with Gasteiger partial charge in [-0.2, -0.15) is 4.31 Å². The lowest BCUT2D eigenvalue weighted by atomic mass is 9.69. The molecule has 5 rings (SSSR count). The number of H-pyrrole nitrogens is 1. The molecule has 1 spiro atoms. The molecule has 2 amide bonds. The number of hydrogen-bond donors (Lipinski definition) is 3. The minimum Gasteiger partial charge on any atom is -0.497 e. The summed E-state index contributed by atoms with van der Waals surface area (Å²) in [6.45, 7) is 0.570. The molecule has 1 fully saturated rings. The number of aliphatic hydroxyl groups excluding tert-OH is 1. The molecule has 0 unspecified atom stereocenters. The van der Waals surface area contributed by atoms with E-state index in [4.69, 9.17) is 4.74 Å². The number of para-hydroxylation sites is 1. The maximum atomic E-state index is 12.8. The van der Waals surface area contributed by atoms with Gasteiger partial charge in [0.2, 0.25) is 10.0 Å². The van der Waals surface area contributed by atoms with Crippen LogP contribution in [0, 0.1) is 0 Å². The smallest absolute Gasteiger partial charge is 0.321 e. The number of carbonyl (C=O) groups excluding carboxylic acids is 1. The first-order valence-electron chi connectivity index (χ1n) is 10.6. The summed E-state index contributed by atoms with van der Waals surface area (Å²) >= 11 is 0. The average Bonchev–Trinajstić information content (AvgIpc) is 3.15. The lowest BCUT2D eigenvalue weighted by Crippen LogP contribution is -2.68. The number of amides is 2. The quantitative estimate of drug-likeness (QED) is 0.541. The highest BCUT2D eigenvalue weighted by molar-refractivity contribution is 7.88. The molecular formula is C23H26N4O5S. The van der Waals surface area contributed by atoms with Crippen molar-refractivity contribution in [1.82, 2.24) is 14.2 Å². The first-order valence-corrected chi connectivity index (χ1v) is 12.5. The van der Waals surface area contributed by atoms with Gasteiger partial charge in [-0.05, 0) is 29.8 Å². The molecule has 2 aliphatic heterocycles. The summed E-state index contributed by atoms with van der Waals surface area (Å²) < 4.78 is 32.0. The van der Waals surface area contributed by atoms with Crippen LogP contribution in [0.4, 0.5) is 10.5 Å². The summed E-state index contributed by atoms with van der Waals surface area (Å²) in [5.41, 5.74) is 2.55. The Morgan fingerprint density at radius 1 is 1.21 bits per heavy atom. The molecule has 2 aromatic carbocycles. The number of aliphatic hydroxyl groups is 1. The van der Waals surface area contributed by atoms with Gasteiger partial charge in [-0.3, -0.25) is 0 Å². The van der Waals surface area contributed by atoms with Crippen LogP contribution in [0.3, 0.4) is 0 Å². The van der Waals surface area contributed by atoms with Gasteiger partial charge in [-0.25, -0.2) is 13.2 Å². The lowest BCUT2D eigenvalue weighted by molar-refractivity contribution is 0.0534. The number of hydrogen-bond acceptors (Lipinski definition) is 5. The van der Waals surface area contributed by atoms with Crippen molar-refractivity contribution in [3.8, 4) is 5.75 Å². The summed E-state index contributed by atoms with van der Waals surface area (Å²) in [5, 5.41) is 14.0. The standard InChI is InChI=1S/C23H26N4O5S/c1-32-16-8-9-17-18(10-16)25-21-19(11-28)27(33(2,30)31)14-23(20(17)21)12-26(13-23)22(29)24-15-6-4-3-5-7-15/h3-10,19,25,28H,11-14H2,1-2H3,(H,24,29)/t19-/m1/s1. The van der Waals surface area contributed by atoms with Gasteiger partial charge in [-0.1, -0.05) is 18.2 Å². The third kappa shape index (κ3) is 3.54. The molecule has 10 heteroatoms. The Morgan fingerprint density at radius 2 is 1.94 bits per heavy atom. The van der Waals surface area contributed by atoms with E-state index in [0.29, 0.717) is 30.2 Å². The van der Waals surface area contributed by atoms with Crippen molar-refractivity contribution < 1.29 is 23.1 Å². The molecule has 1 aromatic heterocycles. The predicted octanol–water partition coefficient (Wildman–Crippen LogP) is 2.27. The fourth-order valence-electron chi connectivity index (χ4n) is 5.12. The predicted molar refractivity (Wildman–Crippen MR) is 125 cm³/mol. The highest BCUT2D eigenvalue weighted by Gasteiger charge is 2.55. The van der Waals surface area contributed by atoms with Crippen LogP contribution in [-0.4, -0.2) is 73.4 Å². The second kappa shape index (κ2) is 7.75. The summed E-state index contributed by atoms with van der Waals surface area (Å²) in [6.07, 6.45) is 1.15. The fourth-order valence-corrected chi connectivity index (χ4v) is 6.23. The van der Waals surface area contributed by atoms with E-state index in [-0.39, 0.29) is 19.2 Å². The Kier molecular flexibility index (Phi) is 5.11. The summed E-state index contributed by atoms with van der Waals surface area (Å²) in [5.74, 6) is 0.674. The number of aromatic amines is 1. The molecule has 0 aliphatic carbocycles. The summed E-state index contributed by atoms with van der Waals surface area (Å²) in [7, 11) is -2.02. The number of carbonyl (C=O) groups is 1. The molecule has 3 aromatic rings. The number of fused-ring (bicyclic) bond motifs is 4. The molecular weight excluding hydrogens is 444 g/mol. The molecule has 174 valence electrons.